The van der Waals surface area contributed by atoms with Gasteiger partial charge in [-0.2, -0.15) is 0 Å². The van der Waals surface area contributed by atoms with Gasteiger partial charge in [0.05, 0.1) is 13.2 Å². The highest BCUT2D eigenvalue weighted by molar-refractivity contribution is 4.61. The van der Waals surface area contributed by atoms with Crippen LogP contribution in [-0.2, 0) is 4.74 Å². The Labute approximate surface area is 75.3 Å². The van der Waals surface area contributed by atoms with E-state index in [9.17, 15) is 0 Å². The molecule has 12 heavy (non-hydrogen) atoms. The van der Waals surface area contributed by atoms with Gasteiger partial charge in [-0.25, -0.2) is 0 Å². The molecule has 3 nitrogen and oxygen atoms in total. The molecule has 0 aromatic rings. The second kappa shape index (κ2) is 5.51. The van der Waals surface area contributed by atoms with E-state index in [0.717, 1.165) is 26.3 Å². The van der Waals surface area contributed by atoms with Gasteiger partial charge in [0.25, 0.3) is 0 Å². The van der Waals surface area contributed by atoms with Crippen LogP contribution >= 0.6 is 0 Å². The first-order chi connectivity index (χ1) is 5.79. The SMILES string of the molecule is CN(C)CCCN1CCOCC1. The first-order valence-corrected chi connectivity index (χ1v) is 4.74. The molecule has 0 spiro atoms. The van der Waals surface area contributed by atoms with Gasteiger partial charge >= 0.3 is 0 Å². The second-order valence-corrected chi connectivity index (χ2v) is 3.61. The third-order valence-corrected chi connectivity index (χ3v) is 2.18. The van der Waals surface area contributed by atoms with Crippen molar-refractivity contribution in [2.75, 3.05) is 53.5 Å². The quantitative estimate of drug-likeness (QED) is 0.605. The standard InChI is InChI=1S/C9H20N2O/c1-10(2)4-3-5-11-6-8-12-9-7-11/h3-9H2,1-2H3. The summed E-state index contributed by atoms with van der Waals surface area (Å²) in [6.07, 6.45) is 1.27. The fraction of sp³-hybridized carbons (Fsp3) is 1.00. The van der Waals surface area contributed by atoms with Crippen LogP contribution in [0.3, 0.4) is 0 Å². The molecule has 72 valence electrons. The van der Waals surface area contributed by atoms with Crippen LogP contribution in [-0.4, -0.2) is 63.3 Å². The van der Waals surface area contributed by atoms with Crippen LogP contribution in [0.1, 0.15) is 6.42 Å². The van der Waals surface area contributed by atoms with Crippen LogP contribution in [0.15, 0.2) is 0 Å². The Balaban J connectivity index is 1.98. The Morgan fingerprint density at radius 1 is 1.25 bits per heavy atom. The smallest absolute Gasteiger partial charge is 0.0594 e. The van der Waals surface area contributed by atoms with E-state index in [0.29, 0.717) is 0 Å². The Morgan fingerprint density at radius 3 is 2.50 bits per heavy atom. The molecule has 0 aromatic heterocycles. The van der Waals surface area contributed by atoms with E-state index < -0.39 is 0 Å². The van der Waals surface area contributed by atoms with Crippen LogP contribution in [0.25, 0.3) is 0 Å². The highest BCUT2D eigenvalue weighted by Gasteiger charge is 2.08. The van der Waals surface area contributed by atoms with Crippen molar-refractivity contribution in [3.8, 4) is 0 Å². The molecule has 1 saturated heterocycles. The highest BCUT2D eigenvalue weighted by Crippen LogP contribution is 1.97. The predicted molar refractivity (Wildman–Crippen MR) is 50.4 cm³/mol. The van der Waals surface area contributed by atoms with Gasteiger partial charge in [0.15, 0.2) is 0 Å². The maximum Gasteiger partial charge on any atom is 0.0594 e. The fourth-order valence-corrected chi connectivity index (χ4v) is 1.44. The molecule has 0 aliphatic carbocycles. The monoisotopic (exact) mass is 172 g/mol. The maximum absolute atomic E-state index is 5.28. The van der Waals surface area contributed by atoms with Crippen LogP contribution in [0.2, 0.25) is 0 Å². The molecule has 1 aliphatic rings. The molecule has 1 heterocycles. The van der Waals surface area contributed by atoms with Crippen molar-refractivity contribution in [3.05, 3.63) is 0 Å². The van der Waals surface area contributed by atoms with Gasteiger partial charge in [-0.3, -0.25) is 4.90 Å². The molecule has 0 N–H and O–H groups in total. The molecular formula is C9H20N2O. The second-order valence-electron chi connectivity index (χ2n) is 3.61. The minimum absolute atomic E-state index is 0.919. The molecule has 0 saturated carbocycles. The summed E-state index contributed by atoms with van der Waals surface area (Å²) in [5, 5.41) is 0. The minimum Gasteiger partial charge on any atom is -0.379 e. The zero-order chi connectivity index (χ0) is 8.81. The summed E-state index contributed by atoms with van der Waals surface area (Å²) in [6, 6.07) is 0. The van der Waals surface area contributed by atoms with Crippen molar-refractivity contribution in [3.63, 3.8) is 0 Å². The Hall–Kier alpha value is -0.120. The summed E-state index contributed by atoms with van der Waals surface area (Å²) >= 11 is 0. The Morgan fingerprint density at radius 2 is 1.92 bits per heavy atom. The van der Waals surface area contributed by atoms with Gasteiger partial charge in [-0.05, 0) is 33.6 Å². The first kappa shape index (κ1) is 9.96. The van der Waals surface area contributed by atoms with Crippen molar-refractivity contribution >= 4 is 0 Å². The van der Waals surface area contributed by atoms with E-state index >= 15 is 0 Å². The lowest BCUT2D eigenvalue weighted by Crippen LogP contribution is -2.37. The van der Waals surface area contributed by atoms with Crippen molar-refractivity contribution in [1.29, 1.82) is 0 Å². The number of hydrogen-bond acceptors (Lipinski definition) is 3. The topological polar surface area (TPSA) is 15.7 Å². The molecule has 0 radical (unpaired) electrons. The van der Waals surface area contributed by atoms with Gasteiger partial charge in [-0.1, -0.05) is 0 Å². The summed E-state index contributed by atoms with van der Waals surface area (Å²) in [5.41, 5.74) is 0. The van der Waals surface area contributed by atoms with Gasteiger partial charge in [0.2, 0.25) is 0 Å². The van der Waals surface area contributed by atoms with E-state index in [1.807, 2.05) is 0 Å². The summed E-state index contributed by atoms with van der Waals surface area (Å²) in [6.45, 7) is 6.49. The lowest BCUT2D eigenvalue weighted by atomic mass is 10.3. The lowest BCUT2D eigenvalue weighted by Gasteiger charge is -2.26. The summed E-state index contributed by atoms with van der Waals surface area (Å²) < 4.78 is 5.28. The van der Waals surface area contributed by atoms with Crippen LogP contribution in [0, 0.1) is 0 Å². The van der Waals surface area contributed by atoms with Crippen LogP contribution in [0.5, 0.6) is 0 Å². The maximum atomic E-state index is 5.28. The van der Waals surface area contributed by atoms with Gasteiger partial charge in [-0.15, -0.1) is 0 Å². The molecule has 0 atom stereocenters. The average molecular weight is 172 g/mol. The predicted octanol–water partition coefficient (Wildman–Crippen LogP) is 0.270. The van der Waals surface area contributed by atoms with Crippen molar-refractivity contribution in [1.82, 2.24) is 9.80 Å². The van der Waals surface area contributed by atoms with Crippen LogP contribution < -0.4 is 0 Å². The molecule has 3 heteroatoms. The minimum atomic E-state index is 0.919. The molecule has 0 bridgehead atoms. The van der Waals surface area contributed by atoms with Crippen molar-refractivity contribution in [2.45, 2.75) is 6.42 Å². The van der Waals surface area contributed by atoms with Crippen molar-refractivity contribution < 1.29 is 4.74 Å². The zero-order valence-corrected chi connectivity index (χ0v) is 8.25. The molecule has 1 fully saturated rings. The third-order valence-electron chi connectivity index (χ3n) is 2.18. The Bertz CT molecular complexity index is 111. The molecule has 0 amide bonds. The molecule has 0 unspecified atom stereocenters. The van der Waals surface area contributed by atoms with E-state index in [1.165, 1.54) is 19.5 Å². The highest BCUT2D eigenvalue weighted by atomic mass is 16.5. The number of nitrogens with zero attached hydrogens (tertiary/aromatic N) is 2. The molecule has 0 aromatic carbocycles. The molecular weight excluding hydrogens is 152 g/mol. The first-order valence-electron chi connectivity index (χ1n) is 4.74. The van der Waals surface area contributed by atoms with Crippen LogP contribution in [0.4, 0.5) is 0 Å². The third kappa shape index (κ3) is 4.04. The zero-order valence-electron chi connectivity index (χ0n) is 8.25. The van der Waals surface area contributed by atoms with Gasteiger partial charge < -0.3 is 9.64 Å². The average Bonchev–Trinajstić information content (AvgIpc) is 2.05. The van der Waals surface area contributed by atoms with Crippen molar-refractivity contribution in [2.24, 2.45) is 0 Å². The molecule has 1 aliphatic heterocycles. The molecule has 1 rings (SSSR count). The van der Waals surface area contributed by atoms with Gasteiger partial charge in [0.1, 0.15) is 0 Å². The van der Waals surface area contributed by atoms with E-state index in [2.05, 4.69) is 23.9 Å². The summed E-state index contributed by atoms with van der Waals surface area (Å²) in [4.78, 5) is 4.72. The number of morpholine rings is 1. The van der Waals surface area contributed by atoms with Gasteiger partial charge in [0, 0.05) is 13.1 Å². The summed E-state index contributed by atoms with van der Waals surface area (Å²) in [7, 11) is 4.25. The fourth-order valence-electron chi connectivity index (χ4n) is 1.44. The number of ether oxygens (including phenoxy) is 1. The van der Waals surface area contributed by atoms with E-state index in [-0.39, 0.29) is 0 Å². The summed E-state index contributed by atoms with van der Waals surface area (Å²) in [5.74, 6) is 0. The number of hydrogen-bond donors (Lipinski definition) is 0. The number of rotatable bonds is 4. The van der Waals surface area contributed by atoms with E-state index in [1.54, 1.807) is 0 Å². The normalized spacial score (nSPS) is 20.2. The Kier molecular flexibility index (Phi) is 4.58. The lowest BCUT2D eigenvalue weighted by molar-refractivity contribution is 0.0366. The largest absolute Gasteiger partial charge is 0.379 e. The van der Waals surface area contributed by atoms with E-state index in [4.69, 9.17) is 4.74 Å².